The molecule has 1 aliphatic heterocycles. The van der Waals surface area contributed by atoms with Crippen LogP contribution in [-0.2, 0) is 11.8 Å². The lowest BCUT2D eigenvalue weighted by Crippen LogP contribution is -2.29. The molecule has 2 aromatic rings. The van der Waals surface area contributed by atoms with E-state index in [1.165, 1.54) is 0 Å². The van der Waals surface area contributed by atoms with Gasteiger partial charge in [-0.05, 0) is 31.9 Å². The normalized spacial score (nSPS) is 18.2. The van der Waals surface area contributed by atoms with Gasteiger partial charge in [-0.25, -0.2) is 9.97 Å². The molecule has 0 spiro atoms. The predicted molar refractivity (Wildman–Crippen MR) is 78.3 cm³/mol. The van der Waals surface area contributed by atoms with E-state index in [1.54, 1.807) is 17.8 Å². The first-order valence-corrected chi connectivity index (χ1v) is 7.17. The number of rotatable bonds is 2. The Morgan fingerprint density at radius 2 is 2.19 bits per heavy atom. The second-order valence-corrected chi connectivity index (χ2v) is 5.46. The van der Waals surface area contributed by atoms with Crippen molar-refractivity contribution < 1.29 is 4.79 Å². The first-order chi connectivity index (χ1) is 10.1. The second kappa shape index (κ2) is 5.27. The molecule has 0 radical (unpaired) electrons. The Morgan fingerprint density at radius 3 is 2.86 bits per heavy atom. The molecular formula is C15H19N5O. The molecule has 2 aromatic heterocycles. The molecule has 0 unspecified atom stereocenters. The molecule has 1 saturated heterocycles. The topological polar surface area (TPSA) is 63.9 Å². The van der Waals surface area contributed by atoms with Crippen molar-refractivity contribution in [3.05, 3.63) is 29.8 Å². The Balaban J connectivity index is 2.02. The number of hydrogen-bond acceptors (Lipinski definition) is 4. The van der Waals surface area contributed by atoms with Crippen LogP contribution < -0.4 is 0 Å². The molecule has 1 fully saturated rings. The van der Waals surface area contributed by atoms with Crippen molar-refractivity contribution in [1.82, 2.24) is 24.6 Å². The number of aromatic nitrogens is 4. The number of carbonyl (C=O) groups is 1. The highest BCUT2D eigenvalue weighted by Crippen LogP contribution is 2.31. The molecule has 1 atom stereocenters. The van der Waals surface area contributed by atoms with E-state index in [0.29, 0.717) is 0 Å². The van der Waals surface area contributed by atoms with Crippen molar-refractivity contribution >= 4 is 5.91 Å². The summed E-state index contributed by atoms with van der Waals surface area (Å²) in [6.45, 7) is 4.35. The summed E-state index contributed by atoms with van der Waals surface area (Å²) in [5, 5.41) is 4.18. The Morgan fingerprint density at radius 1 is 1.38 bits per heavy atom. The van der Waals surface area contributed by atoms with Crippen LogP contribution in [0.2, 0.25) is 0 Å². The molecule has 0 aromatic carbocycles. The van der Waals surface area contributed by atoms with Crippen molar-refractivity contribution in [3.8, 4) is 11.4 Å². The zero-order valence-corrected chi connectivity index (χ0v) is 12.6. The average molecular weight is 285 g/mol. The predicted octanol–water partition coefficient (Wildman–Crippen LogP) is 1.87. The molecule has 6 heteroatoms. The van der Waals surface area contributed by atoms with Gasteiger partial charge in [0.05, 0.1) is 17.4 Å². The van der Waals surface area contributed by atoms with E-state index < -0.39 is 0 Å². The van der Waals surface area contributed by atoms with E-state index in [1.807, 2.05) is 31.0 Å². The van der Waals surface area contributed by atoms with Crippen molar-refractivity contribution in [2.24, 2.45) is 7.05 Å². The number of carbonyl (C=O) groups excluding carboxylic acids is 1. The minimum Gasteiger partial charge on any atom is -0.333 e. The largest absolute Gasteiger partial charge is 0.333 e. The van der Waals surface area contributed by atoms with Gasteiger partial charge in [0.15, 0.2) is 5.82 Å². The fourth-order valence-electron chi connectivity index (χ4n) is 2.91. The molecule has 6 nitrogen and oxygen atoms in total. The number of likely N-dealkylation sites (tertiary alicyclic amines) is 1. The summed E-state index contributed by atoms with van der Waals surface area (Å²) in [5.74, 6) is 0.823. The Labute approximate surface area is 123 Å². The zero-order chi connectivity index (χ0) is 15.0. The van der Waals surface area contributed by atoms with Crippen molar-refractivity contribution in [2.75, 3.05) is 6.54 Å². The Bertz CT molecular complexity index is 678. The van der Waals surface area contributed by atoms with Crippen LogP contribution >= 0.6 is 0 Å². The van der Waals surface area contributed by atoms with Gasteiger partial charge >= 0.3 is 0 Å². The summed E-state index contributed by atoms with van der Waals surface area (Å²) in [7, 11) is 1.89. The van der Waals surface area contributed by atoms with E-state index in [9.17, 15) is 4.79 Å². The van der Waals surface area contributed by atoms with Crippen LogP contribution in [0.4, 0.5) is 0 Å². The van der Waals surface area contributed by atoms with E-state index in [4.69, 9.17) is 0 Å². The minimum atomic E-state index is -0.00521. The van der Waals surface area contributed by atoms with Gasteiger partial charge in [0.25, 0.3) is 0 Å². The summed E-state index contributed by atoms with van der Waals surface area (Å²) in [6, 6.07) is 3.88. The highest BCUT2D eigenvalue weighted by atomic mass is 16.2. The van der Waals surface area contributed by atoms with Crippen LogP contribution in [-0.4, -0.2) is 37.1 Å². The van der Waals surface area contributed by atoms with Gasteiger partial charge in [0, 0.05) is 32.4 Å². The van der Waals surface area contributed by atoms with Crippen LogP contribution in [0.15, 0.2) is 18.3 Å². The van der Waals surface area contributed by atoms with Crippen LogP contribution in [0.5, 0.6) is 0 Å². The highest BCUT2D eigenvalue weighted by molar-refractivity contribution is 5.74. The lowest BCUT2D eigenvalue weighted by Gasteiger charge is -2.22. The maximum Gasteiger partial charge on any atom is 0.220 e. The molecule has 110 valence electrons. The summed E-state index contributed by atoms with van der Waals surface area (Å²) < 4.78 is 1.79. The highest BCUT2D eigenvalue weighted by Gasteiger charge is 2.30. The first kappa shape index (κ1) is 13.7. The molecule has 0 N–H and O–H groups in total. The van der Waals surface area contributed by atoms with Gasteiger partial charge in [-0.15, -0.1) is 0 Å². The lowest BCUT2D eigenvalue weighted by molar-refractivity contribution is -0.129. The van der Waals surface area contributed by atoms with Crippen molar-refractivity contribution in [2.45, 2.75) is 32.7 Å². The lowest BCUT2D eigenvalue weighted by atomic mass is 10.2. The third kappa shape index (κ3) is 2.53. The molecular weight excluding hydrogens is 266 g/mol. The van der Waals surface area contributed by atoms with Crippen molar-refractivity contribution in [1.29, 1.82) is 0 Å². The van der Waals surface area contributed by atoms with E-state index in [-0.39, 0.29) is 11.9 Å². The van der Waals surface area contributed by atoms with Gasteiger partial charge < -0.3 is 4.90 Å². The standard InChI is InChI=1S/C15H19N5O/c1-10-9-12(13-6-7-16-19(13)3)18-15(17-10)14-5-4-8-20(14)11(2)21/h6-7,9,14H,4-5,8H2,1-3H3/t14-/m0/s1. The molecule has 1 amide bonds. The maximum atomic E-state index is 11.7. The Kier molecular flexibility index (Phi) is 3.45. The summed E-state index contributed by atoms with van der Waals surface area (Å²) in [6.07, 6.45) is 3.68. The maximum absolute atomic E-state index is 11.7. The van der Waals surface area contributed by atoms with Gasteiger partial charge in [-0.1, -0.05) is 0 Å². The fourth-order valence-corrected chi connectivity index (χ4v) is 2.91. The molecule has 3 heterocycles. The average Bonchev–Trinajstić information content (AvgIpc) is 3.06. The Hall–Kier alpha value is -2.24. The van der Waals surface area contributed by atoms with Crippen LogP contribution in [0.1, 0.15) is 37.3 Å². The molecule has 3 rings (SSSR count). The van der Waals surface area contributed by atoms with E-state index in [0.717, 1.165) is 42.3 Å². The van der Waals surface area contributed by atoms with Gasteiger partial charge in [-0.2, -0.15) is 5.10 Å². The first-order valence-electron chi connectivity index (χ1n) is 7.17. The third-order valence-electron chi connectivity index (χ3n) is 3.91. The monoisotopic (exact) mass is 285 g/mol. The molecule has 1 aliphatic rings. The minimum absolute atomic E-state index is 0.00521. The number of hydrogen-bond donors (Lipinski definition) is 0. The zero-order valence-electron chi connectivity index (χ0n) is 12.6. The van der Waals surface area contributed by atoms with E-state index >= 15 is 0 Å². The summed E-state index contributed by atoms with van der Waals surface area (Å²) in [5.41, 5.74) is 2.72. The van der Waals surface area contributed by atoms with Crippen molar-refractivity contribution in [3.63, 3.8) is 0 Å². The van der Waals surface area contributed by atoms with Crippen LogP contribution in [0.25, 0.3) is 11.4 Å². The molecule has 0 bridgehead atoms. The van der Waals surface area contributed by atoms with E-state index in [2.05, 4.69) is 15.1 Å². The quantitative estimate of drug-likeness (QED) is 0.845. The fraction of sp³-hybridized carbons (Fsp3) is 0.467. The number of amides is 1. The SMILES string of the molecule is CC(=O)N1CCC[C@H]1c1nc(C)cc(-c2ccnn2C)n1. The van der Waals surface area contributed by atoms with Gasteiger partial charge in [0.2, 0.25) is 5.91 Å². The second-order valence-electron chi connectivity index (χ2n) is 5.46. The third-order valence-corrected chi connectivity index (χ3v) is 3.91. The van der Waals surface area contributed by atoms with Gasteiger partial charge in [-0.3, -0.25) is 9.48 Å². The number of nitrogens with zero attached hydrogens (tertiary/aromatic N) is 5. The molecule has 21 heavy (non-hydrogen) atoms. The van der Waals surface area contributed by atoms with Crippen LogP contribution in [0, 0.1) is 6.92 Å². The summed E-state index contributed by atoms with van der Waals surface area (Å²) >= 11 is 0. The summed E-state index contributed by atoms with van der Waals surface area (Å²) in [4.78, 5) is 22.8. The van der Waals surface area contributed by atoms with Gasteiger partial charge in [0.1, 0.15) is 0 Å². The van der Waals surface area contributed by atoms with Crippen LogP contribution in [0.3, 0.4) is 0 Å². The number of aryl methyl sites for hydroxylation is 2. The smallest absolute Gasteiger partial charge is 0.220 e. The molecule has 0 saturated carbocycles. The molecule has 0 aliphatic carbocycles.